The van der Waals surface area contributed by atoms with Crippen LogP contribution in [-0.2, 0) is 0 Å². The second kappa shape index (κ2) is 6.93. The maximum atomic E-state index is 5.52. The lowest BCUT2D eigenvalue weighted by Crippen LogP contribution is -1.97. The molecule has 0 aliphatic rings. The van der Waals surface area contributed by atoms with Crippen molar-refractivity contribution >= 4 is 29.2 Å². The Balaban J connectivity index is 1.85. The maximum Gasteiger partial charge on any atom is 0.216 e. The van der Waals surface area contributed by atoms with Gasteiger partial charge in [0.2, 0.25) is 4.77 Å². The molecule has 0 saturated heterocycles. The van der Waals surface area contributed by atoms with Gasteiger partial charge in [-0.1, -0.05) is 60.7 Å². The SMILES string of the molecule is COc1ccc2ccccc2c1C=Nn1c(-c2ccccc2)n[nH]c1=S. The predicted molar refractivity (Wildman–Crippen MR) is 106 cm³/mol. The number of nitrogens with one attached hydrogen (secondary N) is 1. The standard InChI is InChI=1S/C20H16N4OS/c1-25-18-12-11-14-7-5-6-10-16(14)17(18)13-21-24-19(22-23-20(24)26)15-8-3-2-4-9-15/h2-13H,1H3,(H,23,26). The number of ether oxygens (including phenoxy) is 1. The summed E-state index contributed by atoms with van der Waals surface area (Å²) in [5.74, 6) is 1.41. The quantitative estimate of drug-likeness (QED) is 0.426. The number of aromatic nitrogens is 3. The van der Waals surface area contributed by atoms with Gasteiger partial charge < -0.3 is 4.74 Å². The smallest absolute Gasteiger partial charge is 0.216 e. The van der Waals surface area contributed by atoms with Gasteiger partial charge in [0.15, 0.2) is 5.82 Å². The summed E-state index contributed by atoms with van der Waals surface area (Å²) in [6.07, 6.45) is 1.76. The summed E-state index contributed by atoms with van der Waals surface area (Å²) in [4.78, 5) is 0. The largest absolute Gasteiger partial charge is 0.496 e. The third-order valence-electron chi connectivity index (χ3n) is 4.14. The summed E-state index contributed by atoms with van der Waals surface area (Å²) < 4.78 is 7.57. The number of nitrogens with zero attached hydrogens (tertiary/aromatic N) is 3. The number of fused-ring (bicyclic) bond motifs is 1. The highest BCUT2D eigenvalue weighted by Gasteiger charge is 2.09. The lowest BCUT2D eigenvalue weighted by Gasteiger charge is -2.08. The Morgan fingerprint density at radius 1 is 1.04 bits per heavy atom. The second-order valence-electron chi connectivity index (χ2n) is 5.68. The van der Waals surface area contributed by atoms with E-state index in [1.165, 1.54) is 0 Å². The van der Waals surface area contributed by atoms with Crippen LogP contribution in [0.25, 0.3) is 22.2 Å². The monoisotopic (exact) mass is 360 g/mol. The van der Waals surface area contributed by atoms with Crippen molar-refractivity contribution in [1.82, 2.24) is 14.9 Å². The van der Waals surface area contributed by atoms with Gasteiger partial charge in [-0.2, -0.15) is 14.9 Å². The Morgan fingerprint density at radius 3 is 2.62 bits per heavy atom. The van der Waals surface area contributed by atoms with Crippen LogP contribution in [0.15, 0.2) is 71.8 Å². The van der Waals surface area contributed by atoms with Crippen LogP contribution in [-0.4, -0.2) is 28.2 Å². The number of hydrogen-bond acceptors (Lipinski definition) is 4. The molecule has 0 amide bonds. The molecule has 1 N–H and O–H groups in total. The number of H-pyrrole nitrogens is 1. The predicted octanol–water partition coefficient (Wildman–Crippen LogP) is 4.65. The molecule has 1 aromatic heterocycles. The van der Waals surface area contributed by atoms with Gasteiger partial charge in [-0.15, -0.1) is 0 Å². The Bertz CT molecular complexity index is 1150. The van der Waals surface area contributed by atoms with Crippen LogP contribution in [0.3, 0.4) is 0 Å². The minimum absolute atomic E-state index is 0.430. The first-order chi connectivity index (χ1) is 12.8. The van der Waals surface area contributed by atoms with Crippen molar-refractivity contribution in [2.75, 3.05) is 7.11 Å². The van der Waals surface area contributed by atoms with Gasteiger partial charge in [0.25, 0.3) is 0 Å². The zero-order valence-corrected chi connectivity index (χ0v) is 14.9. The molecule has 0 atom stereocenters. The van der Waals surface area contributed by atoms with E-state index >= 15 is 0 Å². The number of hydrogen-bond donors (Lipinski definition) is 1. The zero-order chi connectivity index (χ0) is 17.9. The molecule has 0 fully saturated rings. The molecular formula is C20H16N4OS. The van der Waals surface area contributed by atoms with Gasteiger partial charge in [-0.05, 0) is 29.1 Å². The van der Waals surface area contributed by atoms with E-state index in [0.29, 0.717) is 10.6 Å². The van der Waals surface area contributed by atoms with Crippen molar-refractivity contribution in [3.8, 4) is 17.1 Å². The van der Waals surface area contributed by atoms with Gasteiger partial charge >= 0.3 is 0 Å². The number of aromatic amines is 1. The van der Waals surface area contributed by atoms with E-state index in [2.05, 4.69) is 21.4 Å². The lowest BCUT2D eigenvalue weighted by atomic mass is 10.0. The number of benzene rings is 3. The van der Waals surface area contributed by atoms with Crippen molar-refractivity contribution in [2.24, 2.45) is 5.10 Å². The molecular weight excluding hydrogens is 344 g/mol. The highest BCUT2D eigenvalue weighted by Crippen LogP contribution is 2.26. The fraction of sp³-hybridized carbons (Fsp3) is 0.0500. The van der Waals surface area contributed by atoms with Gasteiger partial charge in [0.05, 0.1) is 13.3 Å². The summed E-state index contributed by atoms with van der Waals surface area (Å²) in [5, 5.41) is 13.9. The molecule has 0 unspecified atom stereocenters. The zero-order valence-electron chi connectivity index (χ0n) is 14.1. The summed E-state index contributed by atoms with van der Waals surface area (Å²) in [5.41, 5.74) is 1.83. The van der Waals surface area contributed by atoms with Crippen LogP contribution in [0.2, 0.25) is 0 Å². The van der Waals surface area contributed by atoms with Crippen LogP contribution in [0.1, 0.15) is 5.56 Å². The average molecular weight is 360 g/mol. The average Bonchev–Trinajstić information content (AvgIpc) is 3.07. The third kappa shape index (κ3) is 2.91. The molecule has 4 aromatic rings. The minimum atomic E-state index is 0.430. The summed E-state index contributed by atoms with van der Waals surface area (Å²) in [6, 6.07) is 21.9. The molecule has 0 aliphatic carbocycles. The topological polar surface area (TPSA) is 55.2 Å². The summed E-state index contributed by atoms with van der Waals surface area (Å²) in [6.45, 7) is 0. The molecule has 128 valence electrons. The Kier molecular flexibility index (Phi) is 4.33. The van der Waals surface area contributed by atoms with Crippen LogP contribution < -0.4 is 4.74 Å². The van der Waals surface area contributed by atoms with Gasteiger partial charge in [0, 0.05) is 11.1 Å². The summed E-state index contributed by atoms with van der Waals surface area (Å²) >= 11 is 5.35. The lowest BCUT2D eigenvalue weighted by molar-refractivity contribution is 0.415. The van der Waals surface area contributed by atoms with Gasteiger partial charge in [-0.25, -0.2) is 5.10 Å². The Hall–Kier alpha value is -3.25. The van der Waals surface area contributed by atoms with E-state index in [-0.39, 0.29) is 0 Å². The molecule has 0 radical (unpaired) electrons. The normalized spacial score (nSPS) is 11.3. The second-order valence-corrected chi connectivity index (χ2v) is 6.06. The fourth-order valence-electron chi connectivity index (χ4n) is 2.88. The van der Waals surface area contributed by atoms with Crippen molar-refractivity contribution in [1.29, 1.82) is 0 Å². The van der Waals surface area contributed by atoms with Crippen molar-refractivity contribution in [3.05, 3.63) is 77.1 Å². The van der Waals surface area contributed by atoms with E-state index in [9.17, 15) is 0 Å². The first-order valence-electron chi connectivity index (χ1n) is 8.11. The third-order valence-corrected chi connectivity index (χ3v) is 4.40. The van der Waals surface area contributed by atoms with Crippen LogP contribution >= 0.6 is 12.2 Å². The molecule has 5 nitrogen and oxygen atoms in total. The maximum absolute atomic E-state index is 5.52. The highest BCUT2D eigenvalue weighted by molar-refractivity contribution is 7.71. The van der Waals surface area contributed by atoms with E-state index in [1.807, 2.05) is 60.7 Å². The molecule has 26 heavy (non-hydrogen) atoms. The highest BCUT2D eigenvalue weighted by atomic mass is 32.1. The van der Waals surface area contributed by atoms with Crippen molar-refractivity contribution in [3.63, 3.8) is 0 Å². The van der Waals surface area contributed by atoms with Crippen LogP contribution in [0.4, 0.5) is 0 Å². The van der Waals surface area contributed by atoms with Crippen LogP contribution in [0, 0.1) is 4.77 Å². The molecule has 1 heterocycles. The van der Waals surface area contributed by atoms with Crippen LogP contribution in [0.5, 0.6) is 5.75 Å². The van der Waals surface area contributed by atoms with E-state index in [4.69, 9.17) is 17.0 Å². The molecule has 3 aromatic carbocycles. The number of methoxy groups -OCH3 is 1. The van der Waals surface area contributed by atoms with Crippen molar-refractivity contribution < 1.29 is 4.74 Å². The summed E-state index contributed by atoms with van der Waals surface area (Å²) in [7, 11) is 1.65. The Labute approximate surface area is 155 Å². The number of rotatable bonds is 4. The van der Waals surface area contributed by atoms with E-state index in [0.717, 1.165) is 27.6 Å². The fourth-order valence-corrected chi connectivity index (χ4v) is 3.05. The molecule has 0 aliphatic heterocycles. The first-order valence-corrected chi connectivity index (χ1v) is 8.51. The Morgan fingerprint density at radius 2 is 1.81 bits per heavy atom. The van der Waals surface area contributed by atoms with E-state index < -0.39 is 0 Å². The molecule has 6 heteroatoms. The van der Waals surface area contributed by atoms with Gasteiger partial charge in [-0.3, -0.25) is 0 Å². The molecule has 0 spiro atoms. The van der Waals surface area contributed by atoms with E-state index in [1.54, 1.807) is 18.0 Å². The molecule has 0 saturated carbocycles. The van der Waals surface area contributed by atoms with Crippen molar-refractivity contribution in [2.45, 2.75) is 0 Å². The first kappa shape index (κ1) is 16.2. The minimum Gasteiger partial charge on any atom is -0.496 e. The van der Waals surface area contributed by atoms with Gasteiger partial charge in [0.1, 0.15) is 5.75 Å². The molecule has 4 rings (SSSR count). The molecule has 0 bridgehead atoms.